The first kappa shape index (κ1) is 15.1. The smallest absolute Gasteiger partial charge is 0.227 e. The third-order valence-electron chi connectivity index (χ3n) is 3.95. The van der Waals surface area contributed by atoms with Crippen LogP contribution in [0.15, 0.2) is 36.5 Å². The summed E-state index contributed by atoms with van der Waals surface area (Å²) in [6.07, 6.45) is 6.88. The number of nitrogens with zero attached hydrogens (tertiary/aromatic N) is 3. The molecule has 116 valence electrons. The molecule has 3 rings (SSSR count). The predicted octanol–water partition coefficient (Wildman–Crippen LogP) is 4.12. The number of rotatable bonds is 4. The fraction of sp³-hybridized carbons (Fsp3) is 0.412. The third kappa shape index (κ3) is 3.89. The average molecular weight is 317 g/mol. The van der Waals surface area contributed by atoms with Crippen LogP contribution in [0.1, 0.15) is 31.2 Å². The predicted molar refractivity (Wildman–Crippen MR) is 91.5 cm³/mol. The van der Waals surface area contributed by atoms with E-state index in [4.69, 9.17) is 11.6 Å². The second-order valence-corrected chi connectivity index (χ2v) is 6.00. The standard InChI is InChI=1S/C17H21ClN4/c18-15-8-4-3-7-14(15)13-20-16-9-10-19-17(21-16)22-11-5-1-2-6-12-22/h3-4,7-10H,1-2,5-6,11-13H2,(H,19,20,21). The lowest BCUT2D eigenvalue weighted by atomic mass is 10.2. The van der Waals surface area contributed by atoms with E-state index in [1.54, 1.807) is 0 Å². The highest BCUT2D eigenvalue weighted by molar-refractivity contribution is 6.31. The molecule has 0 atom stereocenters. The molecule has 1 saturated heterocycles. The molecule has 0 spiro atoms. The number of halogens is 1. The molecule has 0 unspecified atom stereocenters. The molecule has 2 aromatic rings. The molecule has 22 heavy (non-hydrogen) atoms. The monoisotopic (exact) mass is 316 g/mol. The van der Waals surface area contributed by atoms with Gasteiger partial charge in [0.2, 0.25) is 5.95 Å². The molecule has 1 aromatic heterocycles. The van der Waals surface area contributed by atoms with E-state index in [1.165, 1.54) is 25.7 Å². The lowest BCUT2D eigenvalue weighted by Gasteiger charge is -2.20. The van der Waals surface area contributed by atoms with Crippen LogP contribution in [-0.2, 0) is 6.54 Å². The van der Waals surface area contributed by atoms with Gasteiger partial charge in [0.25, 0.3) is 0 Å². The fourth-order valence-corrected chi connectivity index (χ4v) is 2.90. The van der Waals surface area contributed by atoms with Crippen molar-refractivity contribution >= 4 is 23.4 Å². The van der Waals surface area contributed by atoms with E-state index in [0.29, 0.717) is 6.54 Å². The molecule has 0 radical (unpaired) electrons. The highest BCUT2D eigenvalue weighted by Gasteiger charge is 2.12. The van der Waals surface area contributed by atoms with Crippen LogP contribution >= 0.6 is 11.6 Å². The zero-order valence-electron chi connectivity index (χ0n) is 12.6. The first-order chi connectivity index (χ1) is 10.8. The summed E-state index contributed by atoms with van der Waals surface area (Å²) in [7, 11) is 0. The fourth-order valence-electron chi connectivity index (χ4n) is 2.70. The Kier molecular flexibility index (Phi) is 5.11. The topological polar surface area (TPSA) is 41.1 Å². The maximum absolute atomic E-state index is 6.18. The lowest BCUT2D eigenvalue weighted by molar-refractivity contribution is 0.726. The van der Waals surface area contributed by atoms with Crippen molar-refractivity contribution in [2.24, 2.45) is 0 Å². The Morgan fingerprint density at radius 3 is 2.59 bits per heavy atom. The summed E-state index contributed by atoms with van der Waals surface area (Å²) in [5.74, 6) is 1.67. The number of anilines is 2. The summed E-state index contributed by atoms with van der Waals surface area (Å²) in [4.78, 5) is 11.4. The highest BCUT2D eigenvalue weighted by atomic mass is 35.5. The van der Waals surface area contributed by atoms with Gasteiger partial charge in [-0.15, -0.1) is 0 Å². The van der Waals surface area contributed by atoms with E-state index in [2.05, 4.69) is 20.2 Å². The lowest BCUT2D eigenvalue weighted by Crippen LogP contribution is -2.26. The Morgan fingerprint density at radius 2 is 1.82 bits per heavy atom. The van der Waals surface area contributed by atoms with Crippen molar-refractivity contribution in [3.63, 3.8) is 0 Å². The van der Waals surface area contributed by atoms with E-state index in [9.17, 15) is 0 Å². The van der Waals surface area contributed by atoms with Gasteiger partial charge in [0.05, 0.1) is 0 Å². The minimum atomic E-state index is 0.663. The molecule has 1 fully saturated rings. The van der Waals surface area contributed by atoms with Gasteiger partial charge in [-0.25, -0.2) is 4.98 Å². The Hall–Kier alpha value is -1.81. The molecule has 0 saturated carbocycles. The summed E-state index contributed by atoms with van der Waals surface area (Å²) < 4.78 is 0. The largest absolute Gasteiger partial charge is 0.366 e. The van der Waals surface area contributed by atoms with Crippen molar-refractivity contribution in [2.45, 2.75) is 32.2 Å². The maximum Gasteiger partial charge on any atom is 0.227 e. The van der Waals surface area contributed by atoms with Crippen LogP contribution in [0.3, 0.4) is 0 Å². The van der Waals surface area contributed by atoms with Gasteiger partial charge in [-0.3, -0.25) is 0 Å². The van der Waals surface area contributed by atoms with Gasteiger partial charge in [-0.1, -0.05) is 42.6 Å². The van der Waals surface area contributed by atoms with Crippen molar-refractivity contribution in [3.05, 3.63) is 47.1 Å². The van der Waals surface area contributed by atoms with E-state index >= 15 is 0 Å². The second-order valence-electron chi connectivity index (χ2n) is 5.59. The van der Waals surface area contributed by atoms with Gasteiger partial charge in [0, 0.05) is 30.9 Å². The van der Waals surface area contributed by atoms with Crippen LogP contribution < -0.4 is 10.2 Å². The third-order valence-corrected chi connectivity index (χ3v) is 4.32. The summed E-state index contributed by atoms with van der Waals surface area (Å²) >= 11 is 6.18. The zero-order valence-corrected chi connectivity index (χ0v) is 13.4. The summed E-state index contributed by atoms with van der Waals surface area (Å²) in [5.41, 5.74) is 1.07. The van der Waals surface area contributed by atoms with Crippen LogP contribution in [0.5, 0.6) is 0 Å². The van der Waals surface area contributed by atoms with Crippen LogP contribution in [0.2, 0.25) is 5.02 Å². The van der Waals surface area contributed by atoms with Gasteiger partial charge in [0.1, 0.15) is 5.82 Å². The zero-order chi connectivity index (χ0) is 15.2. The first-order valence-electron chi connectivity index (χ1n) is 7.88. The minimum Gasteiger partial charge on any atom is -0.366 e. The number of benzene rings is 1. The molecule has 5 heteroatoms. The Morgan fingerprint density at radius 1 is 1.05 bits per heavy atom. The van der Waals surface area contributed by atoms with Gasteiger partial charge >= 0.3 is 0 Å². The molecule has 1 aliphatic rings. The molecule has 0 aliphatic carbocycles. The number of hydrogen-bond donors (Lipinski definition) is 1. The van der Waals surface area contributed by atoms with Gasteiger partial charge in [0.15, 0.2) is 0 Å². The number of aromatic nitrogens is 2. The van der Waals surface area contributed by atoms with Crippen LogP contribution in [-0.4, -0.2) is 23.1 Å². The summed E-state index contributed by atoms with van der Waals surface area (Å²) in [6.45, 7) is 2.76. The van der Waals surface area contributed by atoms with E-state index in [0.717, 1.165) is 35.4 Å². The molecule has 4 nitrogen and oxygen atoms in total. The molecular weight excluding hydrogens is 296 g/mol. The SMILES string of the molecule is Clc1ccccc1CNc1ccnc(N2CCCCCC2)n1. The maximum atomic E-state index is 6.18. The number of nitrogens with one attached hydrogen (secondary N) is 1. The Bertz CT molecular complexity index is 609. The van der Waals surface area contributed by atoms with Crippen molar-refractivity contribution in [3.8, 4) is 0 Å². The van der Waals surface area contributed by atoms with E-state index < -0.39 is 0 Å². The molecule has 0 amide bonds. The normalized spacial score (nSPS) is 15.4. The van der Waals surface area contributed by atoms with Crippen molar-refractivity contribution in [2.75, 3.05) is 23.3 Å². The number of hydrogen-bond acceptors (Lipinski definition) is 4. The Balaban J connectivity index is 1.67. The first-order valence-corrected chi connectivity index (χ1v) is 8.26. The van der Waals surface area contributed by atoms with Crippen LogP contribution in [0.25, 0.3) is 0 Å². The van der Waals surface area contributed by atoms with Crippen molar-refractivity contribution < 1.29 is 0 Å². The van der Waals surface area contributed by atoms with Crippen LogP contribution in [0, 0.1) is 0 Å². The minimum absolute atomic E-state index is 0.663. The molecule has 1 aromatic carbocycles. The van der Waals surface area contributed by atoms with E-state index in [-0.39, 0.29) is 0 Å². The van der Waals surface area contributed by atoms with Gasteiger partial charge in [-0.2, -0.15) is 4.98 Å². The molecule has 0 bridgehead atoms. The Labute approximate surface area is 136 Å². The van der Waals surface area contributed by atoms with Crippen molar-refractivity contribution in [1.82, 2.24) is 9.97 Å². The summed E-state index contributed by atoms with van der Waals surface area (Å²) in [6, 6.07) is 9.76. The van der Waals surface area contributed by atoms with Crippen molar-refractivity contribution in [1.29, 1.82) is 0 Å². The average Bonchev–Trinajstić information content (AvgIpc) is 2.84. The van der Waals surface area contributed by atoms with Gasteiger partial charge < -0.3 is 10.2 Å². The molecule has 1 aliphatic heterocycles. The van der Waals surface area contributed by atoms with Gasteiger partial charge in [-0.05, 0) is 30.5 Å². The second kappa shape index (κ2) is 7.45. The quantitative estimate of drug-likeness (QED) is 0.921. The van der Waals surface area contributed by atoms with Crippen LogP contribution in [0.4, 0.5) is 11.8 Å². The van der Waals surface area contributed by atoms with E-state index in [1.807, 2.05) is 36.5 Å². The highest BCUT2D eigenvalue weighted by Crippen LogP contribution is 2.19. The molecular formula is C17H21ClN4. The summed E-state index contributed by atoms with van der Waals surface area (Å²) in [5, 5.41) is 4.11. The molecule has 1 N–H and O–H groups in total. The molecule has 2 heterocycles.